The zero-order valence-corrected chi connectivity index (χ0v) is 11.3. The molecule has 0 fully saturated rings. The highest BCUT2D eigenvalue weighted by Gasteiger charge is 2.06. The Morgan fingerprint density at radius 1 is 1.50 bits per heavy atom. The standard InChI is InChI=1S/C11H18ClN3O3/c1-3-18-7-11-14-9(12)4-10(15-11)13-5-8(16)6-17-2/h4,8,16H,3,5-7H2,1-2H3,(H,13,14,15). The predicted molar refractivity (Wildman–Crippen MR) is 68.7 cm³/mol. The highest BCUT2D eigenvalue weighted by molar-refractivity contribution is 6.29. The monoisotopic (exact) mass is 275 g/mol. The molecule has 0 aromatic carbocycles. The minimum absolute atomic E-state index is 0.262. The number of rotatable bonds is 8. The fourth-order valence-corrected chi connectivity index (χ4v) is 1.49. The van der Waals surface area contributed by atoms with Crippen LogP contribution in [0.25, 0.3) is 0 Å². The van der Waals surface area contributed by atoms with Crippen molar-refractivity contribution in [1.82, 2.24) is 9.97 Å². The molecule has 0 spiro atoms. The van der Waals surface area contributed by atoms with Gasteiger partial charge in [0, 0.05) is 26.3 Å². The van der Waals surface area contributed by atoms with Crippen LogP contribution in [0.4, 0.5) is 5.82 Å². The van der Waals surface area contributed by atoms with Crippen molar-refractivity contribution in [1.29, 1.82) is 0 Å². The Hall–Kier alpha value is -0.950. The summed E-state index contributed by atoms with van der Waals surface area (Å²) in [7, 11) is 1.53. The molecule has 0 saturated heterocycles. The van der Waals surface area contributed by atoms with E-state index >= 15 is 0 Å². The number of halogens is 1. The lowest BCUT2D eigenvalue weighted by molar-refractivity contribution is 0.0727. The Labute approximate surface area is 111 Å². The van der Waals surface area contributed by atoms with E-state index in [0.29, 0.717) is 36.6 Å². The zero-order valence-electron chi connectivity index (χ0n) is 10.5. The number of aromatic nitrogens is 2. The number of anilines is 1. The van der Waals surface area contributed by atoms with Crippen LogP contribution in [0.3, 0.4) is 0 Å². The van der Waals surface area contributed by atoms with Crippen molar-refractivity contribution >= 4 is 17.4 Å². The minimum atomic E-state index is -0.598. The molecule has 0 aliphatic heterocycles. The van der Waals surface area contributed by atoms with Gasteiger partial charge in [-0.3, -0.25) is 0 Å². The van der Waals surface area contributed by atoms with Crippen molar-refractivity contribution in [3.8, 4) is 0 Å². The lowest BCUT2D eigenvalue weighted by Crippen LogP contribution is -2.24. The quantitative estimate of drug-likeness (QED) is 0.692. The Morgan fingerprint density at radius 3 is 2.94 bits per heavy atom. The van der Waals surface area contributed by atoms with Gasteiger partial charge in [0.1, 0.15) is 17.6 Å². The number of methoxy groups -OCH3 is 1. The molecule has 1 rings (SSSR count). The van der Waals surface area contributed by atoms with Crippen LogP contribution in [-0.4, -0.2) is 48.0 Å². The van der Waals surface area contributed by atoms with Gasteiger partial charge in [0.15, 0.2) is 5.82 Å². The van der Waals surface area contributed by atoms with Crippen LogP contribution in [0.2, 0.25) is 5.15 Å². The molecule has 7 heteroatoms. The van der Waals surface area contributed by atoms with Crippen molar-refractivity contribution in [2.45, 2.75) is 19.6 Å². The Balaban J connectivity index is 2.56. The maximum Gasteiger partial charge on any atom is 0.158 e. The number of nitrogens with zero attached hydrogens (tertiary/aromatic N) is 2. The van der Waals surface area contributed by atoms with E-state index in [2.05, 4.69) is 15.3 Å². The summed E-state index contributed by atoms with van der Waals surface area (Å²) in [5.74, 6) is 1.06. The Morgan fingerprint density at radius 2 is 2.28 bits per heavy atom. The average molecular weight is 276 g/mol. The topological polar surface area (TPSA) is 76.5 Å². The van der Waals surface area contributed by atoms with Crippen molar-refractivity contribution in [3.63, 3.8) is 0 Å². The fraction of sp³-hybridized carbons (Fsp3) is 0.636. The summed E-state index contributed by atoms with van der Waals surface area (Å²) in [5.41, 5.74) is 0. The van der Waals surface area contributed by atoms with Gasteiger partial charge in [0.05, 0.1) is 12.7 Å². The third kappa shape index (κ3) is 5.59. The molecule has 0 bridgehead atoms. The van der Waals surface area contributed by atoms with Crippen LogP contribution in [0.5, 0.6) is 0 Å². The van der Waals surface area contributed by atoms with Gasteiger partial charge >= 0.3 is 0 Å². The van der Waals surface area contributed by atoms with E-state index in [-0.39, 0.29) is 6.61 Å². The second kappa shape index (κ2) is 8.20. The van der Waals surface area contributed by atoms with Crippen LogP contribution < -0.4 is 5.32 Å². The molecule has 0 aliphatic carbocycles. The molecular weight excluding hydrogens is 258 g/mol. The van der Waals surface area contributed by atoms with Gasteiger partial charge in [-0.1, -0.05) is 11.6 Å². The molecule has 1 unspecified atom stereocenters. The highest BCUT2D eigenvalue weighted by Crippen LogP contribution is 2.12. The van der Waals surface area contributed by atoms with E-state index in [1.807, 2.05) is 6.92 Å². The molecule has 1 aromatic rings. The summed E-state index contributed by atoms with van der Waals surface area (Å²) >= 11 is 5.87. The van der Waals surface area contributed by atoms with Crippen LogP contribution in [0.1, 0.15) is 12.7 Å². The molecule has 1 heterocycles. The SMILES string of the molecule is CCOCc1nc(Cl)cc(NCC(O)COC)n1. The van der Waals surface area contributed by atoms with Gasteiger partial charge in [-0.05, 0) is 6.92 Å². The lowest BCUT2D eigenvalue weighted by Gasteiger charge is -2.12. The smallest absolute Gasteiger partial charge is 0.158 e. The minimum Gasteiger partial charge on any atom is -0.389 e. The maximum atomic E-state index is 9.50. The molecule has 1 atom stereocenters. The molecule has 102 valence electrons. The summed E-state index contributed by atoms with van der Waals surface area (Å²) < 4.78 is 10.0. The van der Waals surface area contributed by atoms with Crippen LogP contribution in [-0.2, 0) is 16.1 Å². The number of aliphatic hydroxyl groups excluding tert-OH is 1. The van der Waals surface area contributed by atoms with Gasteiger partial charge in [0.25, 0.3) is 0 Å². The highest BCUT2D eigenvalue weighted by atomic mass is 35.5. The summed E-state index contributed by atoms with van der Waals surface area (Å²) in [4.78, 5) is 8.26. The largest absolute Gasteiger partial charge is 0.389 e. The van der Waals surface area contributed by atoms with E-state index in [4.69, 9.17) is 21.1 Å². The molecule has 2 N–H and O–H groups in total. The summed E-state index contributed by atoms with van der Waals surface area (Å²) in [6.45, 7) is 3.38. The Bertz CT molecular complexity index is 365. The molecular formula is C11H18ClN3O3. The first-order valence-electron chi connectivity index (χ1n) is 5.67. The number of ether oxygens (including phenoxy) is 2. The van der Waals surface area contributed by atoms with Crippen molar-refractivity contribution < 1.29 is 14.6 Å². The molecule has 0 aliphatic rings. The van der Waals surface area contributed by atoms with E-state index in [1.54, 1.807) is 6.07 Å². The van der Waals surface area contributed by atoms with E-state index in [1.165, 1.54) is 7.11 Å². The molecule has 0 radical (unpaired) electrons. The number of hydrogen-bond donors (Lipinski definition) is 2. The number of aliphatic hydroxyl groups is 1. The van der Waals surface area contributed by atoms with Crippen molar-refractivity contribution in [2.75, 3.05) is 32.2 Å². The van der Waals surface area contributed by atoms with Gasteiger partial charge in [0.2, 0.25) is 0 Å². The maximum absolute atomic E-state index is 9.50. The lowest BCUT2D eigenvalue weighted by atomic mass is 10.4. The molecule has 18 heavy (non-hydrogen) atoms. The van der Waals surface area contributed by atoms with E-state index in [0.717, 1.165) is 0 Å². The number of hydrogen-bond acceptors (Lipinski definition) is 6. The molecule has 0 saturated carbocycles. The third-order valence-corrected chi connectivity index (χ3v) is 2.25. The zero-order chi connectivity index (χ0) is 13.4. The van der Waals surface area contributed by atoms with Crippen LogP contribution >= 0.6 is 11.6 Å². The number of nitrogens with one attached hydrogen (secondary N) is 1. The first-order chi connectivity index (χ1) is 8.65. The third-order valence-electron chi connectivity index (χ3n) is 2.05. The summed E-state index contributed by atoms with van der Waals surface area (Å²) in [5, 5.41) is 12.8. The van der Waals surface area contributed by atoms with E-state index in [9.17, 15) is 5.11 Å². The second-order valence-corrected chi connectivity index (χ2v) is 4.01. The fourth-order valence-electron chi connectivity index (χ4n) is 1.29. The first kappa shape index (κ1) is 15.1. The van der Waals surface area contributed by atoms with Crippen molar-refractivity contribution in [2.24, 2.45) is 0 Å². The summed E-state index contributed by atoms with van der Waals surface area (Å²) in [6, 6.07) is 1.59. The van der Waals surface area contributed by atoms with Crippen molar-refractivity contribution in [3.05, 3.63) is 17.0 Å². The second-order valence-electron chi connectivity index (χ2n) is 3.62. The average Bonchev–Trinajstić information content (AvgIpc) is 2.34. The van der Waals surface area contributed by atoms with Crippen LogP contribution in [0, 0.1) is 0 Å². The Kier molecular flexibility index (Phi) is 6.89. The normalized spacial score (nSPS) is 12.4. The molecule has 0 amide bonds. The summed E-state index contributed by atoms with van der Waals surface area (Å²) in [6.07, 6.45) is -0.598. The molecule has 1 aromatic heterocycles. The van der Waals surface area contributed by atoms with Gasteiger partial charge in [-0.25, -0.2) is 9.97 Å². The van der Waals surface area contributed by atoms with E-state index < -0.39 is 6.10 Å². The van der Waals surface area contributed by atoms with Crippen LogP contribution in [0.15, 0.2) is 6.07 Å². The van der Waals surface area contributed by atoms with Gasteiger partial charge in [-0.15, -0.1) is 0 Å². The predicted octanol–water partition coefficient (Wildman–Crippen LogP) is 1.09. The van der Waals surface area contributed by atoms with Gasteiger partial charge < -0.3 is 19.9 Å². The van der Waals surface area contributed by atoms with Gasteiger partial charge in [-0.2, -0.15) is 0 Å². The first-order valence-corrected chi connectivity index (χ1v) is 6.05. The molecule has 6 nitrogen and oxygen atoms in total.